The van der Waals surface area contributed by atoms with Crippen molar-refractivity contribution in [1.29, 1.82) is 5.26 Å². The van der Waals surface area contributed by atoms with Crippen molar-refractivity contribution in [2.45, 2.75) is 95.9 Å². The maximum absolute atomic E-state index is 9.52. The number of halogens is 1. The van der Waals surface area contributed by atoms with Crippen LogP contribution in [0.2, 0.25) is 0 Å². The maximum Gasteiger partial charge on any atom is 0.204 e. The minimum absolute atomic E-state index is 0.312. The minimum Gasteiger partial charge on any atom is -0.444 e. The van der Waals surface area contributed by atoms with Gasteiger partial charge in [-0.2, -0.15) is 5.26 Å². The number of nitrogens with one attached hydrogen (secondary N) is 2. The molecule has 2 aliphatic rings. The van der Waals surface area contributed by atoms with Crippen LogP contribution in [-0.4, -0.2) is 33.8 Å². The van der Waals surface area contributed by atoms with Gasteiger partial charge in [-0.05, 0) is 68.8 Å². The van der Waals surface area contributed by atoms with Crippen LogP contribution in [0.25, 0.3) is 11.0 Å². The van der Waals surface area contributed by atoms with E-state index in [4.69, 9.17) is 9.68 Å². The molecule has 1 aliphatic carbocycles. The molecule has 1 aliphatic heterocycles. The highest BCUT2D eigenvalue weighted by atomic mass is 79.9. The van der Waals surface area contributed by atoms with E-state index >= 15 is 0 Å². The third-order valence-electron chi connectivity index (χ3n) is 5.79. The fraction of sp³-hybridized carbons (Fsp3) is 0.652. The molecule has 30 heavy (non-hydrogen) atoms. The molecule has 2 fully saturated rings. The van der Waals surface area contributed by atoms with Gasteiger partial charge >= 0.3 is 0 Å². The molecule has 0 amide bonds. The molecular weight excluding hydrogens is 444 g/mol. The van der Waals surface area contributed by atoms with Gasteiger partial charge in [0.25, 0.3) is 0 Å². The Bertz CT molecular complexity index is 878. The molecular formula is C23H33BrN4O2. The highest BCUT2D eigenvalue weighted by molar-refractivity contribution is 9.10. The van der Waals surface area contributed by atoms with Gasteiger partial charge in [0.2, 0.25) is 5.76 Å². The van der Waals surface area contributed by atoms with E-state index in [0.717, 1.165) is 22.1 Å². The van der Waals surface area contributed by atoms with Crippen molar-refractivity contribution >= 4 is 32.7 Å². The van der Waals surface area contributed by atoms with Gasteiger partial charge in [0.1, 0.15) is 11.9 Å². The molecule has 1 saturated heterocycles. The normalized spacial score (nSPS) is 22.4. The lowest BCUT2D eigenvalue weighted by Crippen LogP contribution is -2.34. The number of anilines is 1. The number of furan rings is 1. The Morgan fingerprint density at radius 2 is 2.03 bits per heavy atom. The van der Waals surface area contributed by atoms with E-state index in [1.54, 1.807) is 12.3 Å². The highest BCUT2D eigenvalue weighted by Crippen LogP contribution is 2.33. The molecule has 0 bridgehead atoms. The van der Waals surface area contributed by atoms with Gasteiger partial charge in [-0.1, -0.05) is 19.3 Å². The molecule has 2 unspecified atom stereocenters. The Balaban J connectivity index is 0.000000199. The Hall–Kier alpha value is -1.62. The summed E-state index contributed by atoms with van der Waals surface area (Å²) in [6.45, 7) is 5.94. The molecule has 164 valence electrons. The monoisotopic (exact) mass is 476 g/mol. The first-order valence-electron chi connectivity index (χ1n) is 11.0. The summed E-state index contributed by atoms with van der Waals surface area (Å²) in [6.07, 6.45) is 11.3. The van der Waals surface area contributed by atoms with Crippen molar-refractivity contribution in [2.75, 3.05) is 5.32 Å². The van der Waals surface area contributed by atoms with E-state index in [-0.39, 0.29) is 0 Å². The van der Waals surface area contributed by atoms with Crippen LogP contribution in [0, 0.1) is 11.3 Å². The van der Waals surface area contributed by atoms with Gasteiger partial charge in [0, 0.05) is 29.6 Å². The minimum atomic E-state index is -0.512. The molecule has 1 saturated carbocycles. The summed E-state index contributed by atoms with van der Waals surface area (Å²) in [4.78, 5) is 4.39. The largest absolute Gasteiger partial charge is 0.444 e. The number of pyridine rings is 1. The van der Waals surface area contributed by atoms with E-state index in [0.29, 0.717) is 29.5 Å². The first-order chi connectivity index (χ1) is 14.2. The van der Waals surface area contributed by atoms with Crippen LogP contribution in [0.4, 0.5) is 5.82 Å². The molecule has 0 radical (unpaired) electrons. The van der Waals surface area contributed by atoms with Crippen LogP contribution in [0.3, 0.4) is 0 Å². The van der Waals surface area contributed by atoms with E-state index < -0.39 is 5.60 Å². The summed E-state index contributed by atoms with van der Waals surface area (Å²) in [5.74, 6) is 1.15. The van der Waals surface area contributed by atoms with Gasteiger partial charge in [0.15, 0.2) is 5.58 Å². The first-order valence-corrected chi connectivity index (χ1v) is 11.8. The summed E-state index contributed by atoms with van der Waals surface area (Å²) < 4.78 is 6.24. The van der Waals surface area contributed by atoms with Crippen molar-refractivity contribution < 1.29 is 9.52 Å². The molecule has 2 aromatic heterocycles. The predicted molar refractivity (Wildman–Crippen MR) is 123 cm³/mol. The number of hydrogen-bond acceptors (Lipinski definition) is 6. The smallest absolute Gasteiger partial charge is 0.204 e. The van der Waals surface area contributed by atoms with Crippen molar-refractivity contribution in [3.63, 3.8) is 0 Å². The van der Waals surface area contributed by atoms with Crippen LogP contribution in [0.1, 0.15) is 77.9 Å². The van der Waals surface area contributed by atoms with Crippen molar-refractivity contribution in [1.82, 2.24) is 10.3 Å². The molecule has 0 spiro atoms. The average molecular weight is 477 g/mol. The van der Waals surface area contributed by atoms with Gasteiger partial charge in [-0.3, -0.25) is 0 Å². The van der Waals surface area contributed by atoms with E-state index in [1.807, 2.05) is 19.9 Å². The first kappa shape index (κ1) is 23.1. The molecule has 7 heteroatoms. The van der Waals surface area contributed by atoms with Gasteiger partial charge in [0.05, 0.1) is 16.3 Å². The number of nitrogens with zero attached hydrogens (tertiary/aromatic N) is 2. The van der Waals surface area contributed by atoms with Crippen molar-refractivity contribution in [3.8, 4) is 6.07 Å². The van der Waals surface area contributed by atoms with Gasteiger partial charge in [-0.15, -0.1) is 0 Å². The van der Waals surface area contributed by atoms with Crippen LogP contribution in [0.5, 0.6) is 0 Å². The SMILES string of the molecule is CC1CCC(CC(C)(C)O)N1.N#Cc1cc2c(Br)c(NC3CCCCC3)ncc2o1. The zero-order valence-electron chi connectivity index (χ0n) is 18.2. The quantitative estimate of drug-likeness (QED) is 0.539. The van der Waals surface area contributed by atoms with Gasteiger partial charge in [-0.25, -0.2) is 4.98 Å². The second-order valence-electron chi connectivity index (χ2n) is 9.26. The molecule has 3 heterocycles. The highest BCUT2D eigenvalue weighted by Gasteiger charge is 2.25. The average Bonchev–Trinajstić information content (AvgIpc) is 3.30. The zero-order chi connectivity index (χ0) is 21.7. The van der Waals surface area contributed by atoms with Crippen LogP contribution in [0.15, 0.2) is 21.2 Å². The Labute approximate surface area is 187 Å². The zero-order valence-corrected chi connectivity index (χ0v) is 19.8. The fourth-order valence-corrected chi connectivity index (χ4v) is 4.89. The standard InChI is InChI=1S/C14H14BrN3O.C9H19NO/c15-13-11-6-10(7-16)19-12(11)8-17-14(13)18-9-4-2-1-3-5-9;1-7-4-5-8(10-7)6-9(2,3)11/h6,8-9H,1-5H2,(H,17,18);7-8,10-11H,4-6H2,1-3H3. The lowest BCUT2D eigenvalue weighted by Gasteiger charge is -2.23. The summed E-state index contributed by atoms with van der Waals surface area (Å²) in [7, 11) is 0. The van der Waals surface area contributed by atoms with Crippen LogP contribution in [-0.2, 0) is 0 Å². The van der Waals surface area contributed by atoms with E-state index in [9.17, 15) is 5.11 Å². The molecule has 3 N–H and O–H groups in total. The molecule has 4 rings (SSSR count). The number of rotatable bonds is 4. The summed E-state index contributed by atoms with van der Waals surface area (Å²) in [5, 5.41) is 26.2. The number of hydrogen-bond donors (Lipinski definition) is 3. The number of aromatic nitrogens is 1. The van der Waals surface area contributed by atoms with Crippen molar-refractivity contribution in [3.05, 3.63) is 22.5 Å². The summed E-state index contributed by atoms with van der Waals surface area (Å²) in [6, 6.07) is 5.42. The maximum atomic E-state index is 9.52. The Morgan fingerprint density at radius 3 is 2.63 bits per heavy atom. The van der Waals surface area contributed by atoms with E-state index in [2.05, 4.69) is 38.5 Å². The fourth-order valence-electron chi connectivity index (χ4n) is 4.36. The summed E-state index contributed by atoms with van der Waals surface area (Å²) in [5.41, 5.74) is 0.125. The van der Waals surface area contributed by atoms with Crippen molar-refractivity contribution in [2.24, 2.45) is 0 Å². The Kier molecular flexibility index (Phi) is 7.78. The van der Waals surface area contributed by atoms with Crippen LogP contribution >= 0.6 is 15.9 Å². The number of fused-ring (bicyclic) bond motifs is 1. The predicted octanol–water partition coefficient (Wildman–Crippen LogP) is 5.49. The number of nitriles is 1. The second kappa shape index (κ2) is 10.1. The molecule has 2 aromatic rings. The summed E-state index contributed by atoms with van der Waals surface area (Å²) >= 11 is 3.56. The topological polar surface area (TPSA) is 94.1 Å². The van der Waals surface area contributed by atoms with Crippen LogP contribution < -0.4 is 10.6 Å². The molecule has 6 nitrogen and oxygen atoms in total. The number of aliphatic hydroxyl groups is 1. The van der Waals surface area contributed by atoms with Gasteiger partial charge < -0.3 is 20.2 Å². The Morgan fingerprint density at radius 1 is 1.30 bits per heavy atom. The third-order valence-corrected chi connectivity index (χ3v) is 6.59. The second-order valence-corrected chi connectivity index (χ2v) is 10.1. The molecule has 2 atom stereocenters. The van der Waals surface area contributed by atoms with E-state index in [1.165, 1.54) is 44.9 Å². The molecule has 0 aromatic carbocycles. The lowest BCUT2D eigenvalue weighted by molar-refractivity contribution is 0.0610. The third kappa shape index (κ3) is 6.44. The lowest BCUT2D eigenvalue weighted by atomic mass is 9.95.